The lowest BCUT2D eigenvalue weighted by molar-refractivity contribution is 0.213. The van der Waals surface area contributed by atoms with Crippen LogP contribution < -0.4 is 10.6 Å². The molecule has 0 fully saturated rings. The predicted molar refractivity (Wildman–Crippen MR) is 99.8 cm³/mol. The number of amides is 2. The van der Waals surface area contributed by atoms with Gasteiger partial charge in [-0.1, -0.05) is 32.0 Å². The van der Waals surface area contributed by atoms with Crippen LogP contribution in [-0.2, 0) is 6.42 Å². The molecule has 1 atom stereocenters. The number of rotatable bonds is 2. The minimum atomic E-state index is -0.259. The third kappa shape index (κ3) is 4.03. The Labute approximate surface area is 149 Å². The summed E-state index contributed by atoms with van der Waals surface area (Å²) in [5.41, 5.74) is 3.19. The van der Waals surface area contributed by atoms with Crippen molar-refractivity contribution >= 4 is 6.03 Å². The van der Waals surface area contributed by atoms with E-state index in [0.717, 1.165) is 24.1 Å². The third-order valence-corrected chi connectivity index (χ3v) is 4.47. The summed E-state index contributed by atoms with van der Waals surface area (Å²) >= 11 is 0. The van der Waals surface area contributed by atoms with Gasteiger partial charge >= 0.3 is 6.03 Å². The van der Waals surface area contributed by atoms with Crippen molar-refractivity contribution in [3.63, 3.8) is 0 Å². The molecule has 2 aromatic rings. The van der Waals surface area contributed by atoms with Gasteiger partial charge in [0.1, 0.15) is 0 Å². The zero-order chi connectivity index (χ0) is 18.2. The zero-order valence-corrected chi connectivity index (χ0v) is 15.8. The number of nitrogens with one attached hydrogen (secondary N) is 2. The summed E-state index contributed by atoms with van der Waals surface area (Å²) in [6, 6.07) is 10.00. The standard InChI is InChI=1S/C20H28N4O/c1-19(2,3)23-18(25)22-16-11-20(4,5)12-17-15(16)13-21-24(17)14-9-7-6-8-10-14/h6-10,13,16H,11-12H2,1-5H3,(H2,22,23,25)/t16-/m0/s1. The van der Waals surface area contributed by atoms with Gasteiger partial charge in [0.2, 0.25) is 0 Å². The van der Waals surface area contributed by atoms with E-state index in [-0.39, 0.29) is 23.0 Å². The molecule has 1 aliphatic carbocycles. The smallest absolute Gasteiger partial charge is 0.315 e. The van der Waals surface area contributed by atoms with Crippen molar-refractivity contribution in [2.75, 3.05) is 0 Å². The van der Waals surface area contributed by atoms with Crippen molar-refractivity contribution < 1.29 is 4.79 Å². The predicted octanol–water partition coefficient (Wildman–Crippen LogP) is 3.98. The van der Waals surface area contributed by atoms with E-state index in [0.29, 0.717) is 0 Å². The van der Waals surface area contributed by atoms with E-state index in [1.54, 1.807) is 0 Å². The second-order valence-corrected chi connectivity index (χ2v) is 8.74. The Morgan fingerprint density at radius 2 is 1.92 bits per heavy atom. The Balaban J connectivity index is 1.91. The molecule has 2 amide bonds. The largest absolute Gasteiger partial charge is 0.334 e. The fourth-order valence-electron chi connectivity index (χ4n) is 3.50. The van der Waals surface area contributed by atoms with Crippen LogP contribution in [0.25, 0.3) is 5.69 Å². The molecule has 1 heterocycles. The van der Waals surface area contributed by atoms with Gasteiger partial charge in [-0.25, -0.2) is 9.48 Å². The summed E-state index contributed by atoms with van der Waals surface area (Å²) < 4.78 is 2.01. The topological polar surface area (TPSA) is 59.0 Å². The molecular weight excluding hydrogens is 312 g/mol. The molecule has 0 radical (unpaired) electrons. The number of hydrogen-bond acceptors (Lipinski definition) is 2. The number of carbonyl (C=O) groups is 1. The lowest BCUT2D eigenvalue weighted by Gasteiger charge is -2.36. The lowest BCUT2D eigenvalue weighted by atomic mass is 9.74. The van der Waals surface area contributed by atoms with Crippen LogP contribution in [0, 0.1) is 5.41 Å². The molecule has 0 saturated heterocycles. The van der Waals surface area contributed by atoms with Crippen LogP contribution in [0.2, 0.25) is 0 Å². The Kier molecular flexibility index (Phi) is 4.35. The number of benzene rings is 1. The van der Waals surface area contributed by atoms with Gasteiger partial charge in [0, 0.05) is 11.1 Å². The van der Waals surface area contributed by atoms with Gasteiger partial charge in [0.05, 0.1) is 23.6 Å². The van der Waals surface area contributed by atoms with E-state index in [2.05, 4.69) is 41.7 Å². The van der Waals surface area contributed by atoms with E-state index in [4.69, 9.17) is 0 Å². The van der Waals surface area contributed by atoms with Crippen LogP contribution in [0.3, 0.4) is 0 Å². The average molecular weight is 340 g/mol. The highest BCUT2D eigenvalue weighted by Gasteiger charge is 2.36. The minimum Gasteiger partial charge on any atom is -0.334 e. The van der Waals surface area contributed by atoms with Gasteiger partial charge in [-0.15, -0.1) is 0 Å². The Morgan fingerprint density at radius 3 is 2.56 bits per heavy atom. The normalized spacial score (nSPS) is 19.2. The van der Waals surface area contributed by atoms with Crippen LogP contribution in [0.4, 0.5) is 4.79 Å². The third-order valence-electron chi connectivity index (χ3n) is 4.47. The Morgan fingerprint density at radius 1 is 1.24 bits per heavy atom. The van der Waals surface area contributed by atoms with Crippen molar-refractivity contribution in [2.45, 2.75) is 59.0 Å². The molecule has 0 saturated carbocycles. The van der Waals surface area contributed by atoms with E-state index < -0.39 is 0 Å². The molecule has 5 nitrogen and oxygen atoms in total. The van der Waals surface area contributed by atoms with Gasteiger partial charge in [-0.05, 0) is 51.2 Å². The highest BCUT2D eigenvalue weighted by molar-refractivity contribution is 5.75. The van der Waals surface area contributed by atoms with Crippen LogP contribution in [0.15, 0.2) is 36.5 Å². The quantitative estimate of drug-likeness (QED) is 0.868. The van der Waals surface area contributed by atoms with E-state index in [9.17, 15) is 4.79 Å². The molecule has 1 aromatic heterocycles. The number of hydrogen-bond donors (Lipinski definition) is 2. The average Bonchev–Trinajstić information content (AvgIpc) is 2.88. The van der Waals surface area contributed by atoms with Crippen molar-refractivity contribution in [1.82, 2.24) is 20.4 Å². The molecule has 3 rings (SSSR count). The number of para-hydroxylation sites is 1. The van der Waals surface area contributed by atoms with Gasteiger partial charge in [-0.2, -0.15) is 5.10 Å². The van der Waals surface area contributed by atoms with Crippen molar-refractivity contribution in [2.24, 2.45) is 5.41 Å². The SMILES string of the molecule is CC1(C)Cc2c(cnn2-c2ccccc2)[C@@H](NC(=O)NC(C)(C)C)C1. The van der Waals surface area contributed by atoms with Crippen molar-refractivity contribution in [3.8, 4) is 5.69 Å². The number of carbonyl (C=O) groups excluding carboxylic acids is 1. The summed E-state index contributed by atoms with van der Waals surface area (Å²) in [5, 5.41) is 10.7. The molecule has 1 aliphatic rings. The molecule has 0 bridgehead atoms. The van der Waals surface area contributed by atoms with Crippen molar-refractivity contribution in [3.05, 3.63) is 47.8 Å². The van der Waals surface area contributed by atoms with Crippen LogP contribution in [0.1, 0.15) is 58.3 Å². The number of aromatic nitrogens is 2. The van der Waals surface area contributed by atoms with Gasteiger partial charge in [0.15, 0.2) is 0 Å². The lowest BCUT2D eigenvalue weighted by Crippen LogP contribution is -2.48. The molecule has 25 heavy (non-hydrogen) atoms. The number of urea groups is 1. The molecule has 0 unspecified atom stereocenters. The molecular formula is C20H28N4O. The first kappa shape index (κ1) is 17.5. The maximum Gasteiger partial charge on any atom is 0.315 e. The summed E-state index contributed by atoms with van der Waals surface area (Å²) in [6.45, 7) is 10.4. The Hall–Kier alpha value is -2.30. The van der Waals surface area contributed by atoms with Gasteiger partial charge in [-0.3, -0.25) is 0 Å². The van der Waals surface area contributed by atoms with Crippen LogP contribution >= 0.6 is 0 Å². The molecule has 5 heteroatoms. The first-order valence-electron chi connectivity index (χ1n) is 8.86. The van der Waals surface area contributed by atoms with E-state index in [1.165, 1.54) is 5.69 Å². The zero-order valence-electron chi connectivity index (χ0n) is 15.8. The second kappa shape index (κ2) is 6.21. The van der Waals surface area contributed by atoms with Gasteiger partial charge in [0.25, 0.3) is 0 Å². The summed E-state index contributed by atoms with van der Waals surface area (Å²) in [5.74, 6) is 0. The number of nitrogens with zero attached hydrogens (tertiary/aromatic N) is 2. The highest BCUT2D eigenvalue weighted by Crippen LogP contribution is 2.41. The van der Waals surface area contributed by atoms with Gasteiger partial charge < -0.3 is 10.6 Å². The summed E-state index contributed by atoms with van der Waals surface area (Å²) in [6.07, 6.45) is 3.74. The second-order valence-electron chi connectivity index (χ2n) is 8.74. The van der Waals surface area contributed by atoms with Crippen LogP contribution in [0.5, 0.6) is 0 Å². The number of fused-ring (bicyclic) bond motifs is 1. The fourth-order valence-corrected chi connectivity index (χ4v) is 3.50. The maximum absolute atomic E-state index is 12.4. The molecule has 0 spiro atoms. The summed E-state index contributed by atoms with van der Waals surface area (Å²) in [4.78, 5) is 12.4. The molecule has 134 valence electrons. The monoisotopic (exact) mass is 340 g/mol. The molecule has 2 N–H and O–H groups in total. The van der Waals surface area contributed by atoms with Crippen LogP contribution in [-0.4, -0.2) is 21.4 Å². The highest BCUT2D eigenvalue weighted by atomic mass is 16.2. The first-order chi connectivity index (χ1) is 11.6. The van der Waals surface area contributed by atoms with E-state index >= 15 is 0 Å². The molecule has 0 aliphatic heterocycles. The fraction of sp³-hybridized carbons (Fsp3) is 0.500. The first-order valence-corrected chi connectivity index (χ1v) is 8.86. The molecule has 1 aromatic carbocycles. The minimum absolute atomic E-state index is 0.0291. The Bertz CT molecular complexity index is 756. The maximum atomic E-state index is 12.4. The van der Waals surface area contributed by atoms with E-state index in [1.807, 2.05) is 49.8 Å². The summed E-state index contributed by atoms with van der Waals surface area (Å²) in [7, 11) is 0. The van der Waals surface area contributed by atoms with Crippen molar-refractivity contribution in [1.29, 1.82) is 0 Å².